The van der Waals surface area contributed by atoms with E-state index in [9.17, 15) is 19.5 Å². The minimum absolute atomic E-state index is 0.0761. The van der Waals surface area contributed by atoms with Crippen LogP contribution in [0.5, 0.6) is 0 Å². The van der Waals surface area contributed by atoms with Gasteiger partial charge in [-0.3, -0.25) is 4.79 Å². The van der Waals surface area contributed by atoms with Crippen molar-refractivity contribution in [2.24, 2.45) is 5.92 Å². The first-order valence-corrected chi connectivity index (χ1v) is 13.5. The molecule has 1 saturated heterocycles. The molecule has 2 amide bonds. The van der Waals surface area contributed by atoms with Gasteiger partial charge in [-0.1, -0.05) is 55.5 Å². The molecule has 2 aromatic carbocycles. The number of hydrogen-bond donors (Lipinski definition) is 2. The number of aliphatic carboxylic acids is 1. The Morgan fingerprint density at radius 3 is 2.34 bits per heavy atom. The lowest BCUT2D eigenvalue weighted by Crippen LogP contribution is -2.58. The van der Waals surface area contributed by atoms with Crippen LogP contribution >= 0.6 is 11.8 Å². The first kappa shape index (κ1) is 25.1. The van der Waals surface area contributed by atoms with Crippen LogP contribution in [0, 0.1) is 5.92 Å². The first-order chi connectivity index (χ1) is 16.9. The molecule has 186 valence electrons. The largest absolute Gasteiger partial charge is 0.480 e. The lowest BCUT2D eigenvalue weighted by Gasteiger charge is -2.39. The molecule has 2 aliphatic rings. The maximum absolute atomic E-state index is 13.4. The van der Waals surface area contributed by atoms with Crippen molar-refractivity contribution in [3.8, 4) is 11.1 Å². The van der Waals surface area contributed by atoms with E-state index in [0.29, 0.717) is 18.7 Å². The van der Waals surface area contributed by atoms with Gasteiger partial charge in [0, 0.05) is 12.5 Å². The third-order valence-corrected chi connectivity index (χ3v) is 7.66. The smallest absolute Gasteiger partial charge is 0.407 e. The number of nitrogens with zero attached hydrogens (tertiary/aromatic N) is 1. The number of piperidine rings is 1. The number of rotatable bonds is 8. The van der Waals surface area contributed by atoms with Gasteiger partial charge in [-0.05, 0) is 59.4 Å². The Labute approximate surface area is 210 Å². The van der Waals surface area contributed by atoms with Crippen LogP contribution in [0.15, 0.2) is 48.5 Å². The summed E-state index contributed by atoms with van der Waals surface area (Å²) < 4.78 is 5.64. The van der Waals surface area contributed by atoms with Crippen LogP contribution in [0.2, 0.25) is 0 Å². The van der Waals surface area contributed by atoms with E-state index in [4.69, 9.17) is 4.74 Å². The van der Waals surface area contributed by atoms with Crippen molar-refractivity contribution < 1.29 is 24.2 Å². The van der Waals surface area contributed by atoms with Gasteiger partial charge in [0.25, 0.3) is 0 Å². The van der Waals surface area contributed by atoms with Crippen LogP contribution in [0.1, 0.15) is 43.2 Å². The fourth-order valence-electron chi connectivity index (χ4n) is 5.29. The number of nitrogens with one attached hydrogen (secondary N) is 1. The van der Waals surface area contributed by atoms with Crippen molar-refractivity contribution in [3.05, 3.63) is 59.7 Å². The van der Waals surface area contributed by atoms with Gasteiger partial charge in [-0.15, -0.1) is 0 Å². The summed E-state index contributed by atoms with van der Waals surface area (Å²) in [7, 11) is 0. The number of likely N-dealkylation sites (tertiary alicyclic amines) is 1. The van der Waals surface area contributed by atoms with E-state index >= 15 is 0 Å². The predicted octanol–water partition coefficient (Wildman–Crippen LogP) is 4.36. The van der Waals surface area contributed by atoms with Crippen LogP contribution in [-0.4, -0.2) is 65.2 Å². The number of alkyl carbamates (subject to hydrolysis) is 1. The van der Waals surface area contributed by atoms with E-state index in [0.717, 1.165) is 35.1 Å². The molecular weight excluding hydrogens is 464 g/mol. The SMILES string of the molecule is CSCC[C@H](NC(=O)OCC1c2ccccc2-c2ccccc21)C(=O)N1CCCC(C)C1C(=O)O. The average molecular weight is 497 g/mol. The third-order valence-electron chi connectivity index (χ3n) is 7.01. The highest BCUT2D eigenvalue weighted by atomic mass is 32.2. The van der Waals surface area contributed by atoms with E-state index < -0.39 is 24.1 Å². The number of ether oxygens (including phenoxy) is 1. The van der Waals surface area contributed by atoms with Crippen LogP contribution in [0.4, 0.5) is 4.79 Å². The summed E-state index contributed by atoms with van der Waals surface area (Å²) in [6.07, 6.45) is 3.18. The zero-order chi connectivity index (χ0) is 24.9. The third kappa shape index (κ3) is 5.32. The molecule has 0 radical (unpaired) electrons. The number of carbonyl (C=O) groups excluding carboxylic acids is 2. The van der Waals surface area contributed by atoms with Crippen LogP contribution in [0.25, 0.3) is 11.1 Å². The molecular formula is C27H32N2O5S. The molecule has 1 fully saturated rings. The molecule has 1 aliphatic carbocycles. The Kier molecular flexibility index (Phi) is 8.00. The van der Waals surface area contributed by atoms with Gasteiger partial charge < -0.3 is 20.1 Å². The number of carboxylic acids is 1. The predicted molar refractivity (Wildman–Crippen MR) is 137 cm³/mol. The van der Waals surface area contributed by atoms with Crippen molar-refractivity contribution in [3.63, 3.8) is 0 Å². The minimum Gasteiger partial charge on any atom is -0.480 e. The van der Waals surface area contributed by atoms with Crippen LogP contribution in [0.3, 0.4) is 0 Å². The summed E-state index contributed by atoms with van der Waals surface area (Å²) >= 11 is 1.57. The summed E-state index contributed by atoms with van der Waals surface area (Å²) in [4.78, 5) is 39.5. The summed E-state index contributed by atoms with van der Waals surface area (Å²) in [6.45, 7) is 2.39. The van der Waals surface area contributed by atoms with Gasteiger partial charge in [0.05, 0.1) is 0 Å². The number of benzene rings is 2. The van der Waals surface area contributed by atoms with Crippen molar-refractivity contribution in [2.75, 3.05) is 25.2 Å². The molecule has 4 rings (SSSR count). The lowest BCUT2D eigenvalue weighted by molar-refractivity contribution is -0.155. The molecule has 8 heteroatoms. The van der Waals surface area contributed by atoms with Gasteiger partial charge in [0.2, 0.25) is 5.91 Å². The van der Waals surface area contributed by atoms with E-state index in [1.807, 2.05) is 37.4 Å². The lowest BCUT2D eigenvalue weighted by atomic mass is 9.90. The summed E-state index contributed by atoms with van der Waals surface area (Å²) in [5.74, 6) is -0.920. The molecule has 3 atom stereocenters. The fourth-order valence-corrected chi connectivity index (χ4v) is 5.76. The monoisotopic (exact) mass is 496 g/mol. The molecule has 1 aliphatic heterocycles. The molecule has 2 N–H and O–H groups in total. The Morgan fingerprint density at radius 1 is 1.11 bits per heavy atom. The molecule has 2 unspecified atom stereocenters. The second-order valence-electron chi connectivity index (χ2n) is 9.24. The Morgan fingerprint density at radius 2 is 1.74 bits per heavy atom. The number of amides is 2. The molecule has 0 saturated carbocycles. The number of fused-ring (bicyclic) bond motifs is 3. The highest BCUT2D eigenvalue weighted by molar-refractivity contribution is 7.98. The van der Waals surface area contributed by atoms with E-state index in [-0.39, 0.29) is 24.3 Å². The van der Waals surface area contributed by atoms with Gasteiger partial charge in [0.15, 0.2) is 0 Å². The summed E-state index contributed by atoms with van der Waals surface area (Å²) in [5, 5.41) is 12.5. The van der Waals surface area contributed by atoms with E-state index in [1.54, 1.807) is 11.8 Å². The summed E-state index contributed by atoms with van der Waals surface area (Å²) in [5.41, 5.74) is 4.51. The number of carbonyl (C=O) groups is 3. The van der Waals surface area contributed by atoms with Crippen LogP contribution < -0.4 is 5.32 Å². The Bertz CT molecular complexity index is 1050. The van der Waals surface area contributed by atoms with Crippen LogP contribution in [-0.2, 0) is 14.3 Å². The maximum Gasteiger partial charge on any atom is 0.407 e. The zero-order valence-electron chi connectivity index (χ0n) is 20.1. The molecule has 2 aromatic rings. The zero-order valence-corrected chi connectivity index (χ0v) is 20.9. The molecule has 1 heterocycles. The fraction of sp³-hybridized carbons (Fsp3) is 0.444. The maximum atomic E-state index is 13.4. The molecule has 0 bridgehead atoms. The normalized spacial score (nSPS) is 20.0. The molecule has 35 heavy (non-hydrogen) atoms. The average Bonchev–Trinajstić information content (AvgIpc) is 3.18. The number of thioether (sulfide) groups is 1. The highest BCUT2D eigenvalue weighted by Crippen LogP contribution is 2.44. The molecule has 7 nitrogen and oxygen atoms in total. The van der Waals surface area contributed by atoms with Gasteiger partial charge in [-0.2, -0.15) is 11.8 Å². The minimum atomic E-state index is -1.00. The number of carboxylic acid groups (broad SMARTS) is 1. The second-order valence-corrected chi connectivity index (χ2v) is 10.2. The molecule has 0 spiro atoms. The topological polar surface area (TPSA) is 95.9 Å². The van der Waals surface area contributed by atoms with Crippen molar-refractivity contribution >= 4 is 29.7 Å². The molecule has 0 aromatic heterocycles. The van der Waals surface area contributed by atoms with Gasteiger partial charge >= 0.3 is 12.1 Å². The first-order valence-electron chi connectivity index (χ1n) is 12.1. The number of hydrogen-bond acceptors (Lipinski definition) is 5. The van der Waals surface area contributed by atoms with Gasteiger partial charge in [-0.25, -0.2) is 9.59 Å². The van der Waals surface area contributed by atoms with Crippen molar-refractivity contribution in [2.45, 2.75) is 44.2 Å². The Balaban J connectivity index is 1.45. The summed E-state index contributed by atoms with van der Waals surface area (Å²) in [6, 6.07) is 14.5. The van der Waals surface area contributed by atoms with E-state index in [2.05, 4.69) is 29.6 Å². The highest BCUT2D eigenvalue weighted by Gasteiger charge is 2.40. The van der Waals surface area contributed by atoms with Gasteiger partial charge in [0.1, 0.15) is 18.7 Å². The quantitative estimate of drug-likeness (QED) is 0.564. The van der Waals surface area contributed by atoms with Crippen molar-refractivity contribution in [1.82, 2.24) is 10.2 Å². The Hall–Kier alpha value is -3.00. The standard InChI is InChI=1S/C27H32N2O5S/c1-17-8-7-14-29(24(17)26(31)32)25(30)23(13-15-35-2)28-27(33)34-16-22-20-11-5-3-9-18(20)19-10-4-6-12-21(19)22/h3-6,9-12,17,22-24H,7-8,13-16H2,1-2H3,(H,28,33)(H,31,32)/t17?,23-,24?/m0/s1. The van der Waals surface area contributed by atoms with Crippen molar-refractivity contribution in [1.29, 1.82) is 0 Å². The van der Waals surface area contributed by atoms with E-state index in [1.165, 1.54) is 4.90 Å². The second kappa shape index (κ2) is 11.2.